The number of esters is 1. The number of hydrogen-bond donors (Lipinski definition) is 0. The zero-order valence-electron chi connectivity index (χ0n) is 8.90. The third-order valence-corrected chi connectivity index (χ3v) is 2.84. The summed E-state index contributed by atoms with van der Waals surface area (Å²) in [6.45, 7) is 0. The van der Waals surface area contributed by atoms with Gasteiger partial charge in [-0.25, -0.2) is 0 Å². The molecule has 1 saturated carbocycles. The third-order valence-electron chi connectivity index (χ3n) is 2.84. The molecular weight excluding hydrogens is 192 g/mol. The molecule has 0 heterocycles. The molecule has 1 aromatic carbocycles. The van der Waals surface area contributed by atoms with Crippen LogP contribution < -0.4 is 4.74 Å². The Hall–Kier alpha value is -1.51. The number of carbonyl (C=O) groups excluding carboxylic acids is 1. The Morgan fingerprint density at radius 3 is 2.47 bits per heavy atom. The van der Waals surface area contributed by atoms with Crippen molar-refractivity contribution in [2.24, 2.45) is 5.92 Å². The normalized spacial score (nSPS) is 23.3. The van der Waals surface area contributed by atoms with E-state index < -0.39 is 0 Å². The molecule has 0 aliphatic heterocycles. The second-order valence-corrected chi connectivity index (χ2v) is 3.75. The van der Waals surface area contributed by atoms with Crippen LogP contribution in [-0.4, -0.2) is 20.2 Å². The number of rotatable bonds is 3. The Kier molecular flexibility index (Phi) is 2.62. The molecule has 0 N–H and O–H groups in total. The van der Waals surface area contributed by atoms with Crippen LogP contribution in [0.25, 0.3) is 0 Å². The minimum absolute atomic E-state index is 0.0587. The predicted molar refractivity (Wildman–Crippen MR) is 55.9 cm³/mol. The van der Waals surface area contributed by atoms with Gasteiger partial charge in [0.1, 0.15) is 5.75 Å². The van der Waals surface area contributed by atoms with E-state index in [0.29, 0.717) is 5.92 Å². The Morgan fingerprint density at radius 2 is 1.93 bits per heavy atom. The third kappa shape index (κ3) is 1.96. The molecule has 3 nitrogen and oxygen atoms in total. The van der Waals surface area contributed by atoms with Gasteiger partial charge in [-0.3, -0.25) is 4.79 Å². The van der Waals surface area contributed by atoms with E-state index in [1.54, 1.807) is 7.11 Å². The van der Waals surface area contributed by atoms with Gasteiger partial charge in [0.25, 0.3) is 0 Å². The maximum atomic E-state index is 11.2. The van der Waals surface area contributed by atoms with Crippen LogP contribution in [0.4, 0.5) is 0 Å². The molecule has 80 valence electrons. The van der Waals surface area contributed by atoms with E-state index in [9.17, 15) is 4.79 Å². The van der Waals surface area contributed by atoms with Gasteiger partial charge in [0.15, 0.2) is 0 Å². The first kappa shape index (κ1) is 10.0. The number of hydrogen-bond acceptors (Lipinski definition) is 3. The molecule has 0 aromatic heterocycles. The molecule has 0 unspecified atom stereocenters. The summed E-state index contributed by atoms with van der Waals surface area (Å²) < 4.78 is 9.78. The summed E-state index contributed by atoms with van der Waals surface area (Å²) in [5.41, 5.74) is 1.19. The highest BCUT2D eigenvalue weighted by Gasteiger charge is 2.44. The quantitative estimate of drug-likeness (QED) is 0.709. The molecule has 1 aromatic rings. The van der Waals surface area contributed by atoms with Crippen LogP contribution >= 0.6 is 0 Å². The summed E-state index contributed by atoms with van der Waals surface area (Å²) in [5, 5.41) is 0. The van der Waals surface area contributed by atoms with Crippen molar-refractivity contribution in [1.29, 1.82) is 0 Å². The lowest BCUT2D eigenvalue weighted by Gasteiger charge is -2.02. The second-order valence-electron chi connectivity index (χ2n) is 3.75. The molecule has 0 bridgehead atoms. The minimum atomic E-state index is -0.101. The van der Waals surface area contributed by atoms with Crippen LogP contribution in [0.1, 0.15) is 17.9 Å². The van der Waals surface area contributed by atoms with Gasteiger partial charge < -0.3 is 9.47 Å². The van der Waals surface area contributed by atoms with Gasteiger partial charge in [-0.05, 0) is 30.0 Å². The Balaban J connectivity index is 2.04. The van der Waals surface area contributed by atoms with E-state index in [0.717, 1.165) is 12.2 Å². The van der Waals surface area contributed by atoms with Crippen molar-refractivity contribution >= 4 is 5.97 Å². The van der Waals surface area contributed by atoms with Crippen LogP contribution in [0, 0.1) is 5.92 Å². The molecule has 0 amide bonds. The average Bonchev–Trinajstić information content (AvgIpc) is 3.08. The van der Waals surface area contributed by atoms with E-state index in [1.807, 2.05) is 24.3 Å². The SMILES string of the molecule is COC(=O)[C@H]1C[C@@H]1c1ccc(OC)cc1. The first-order valence-corrected chi connectivity index (χ1v) is 4.98. The van der Waals surface area contributed by atoms with Crippen molar-refractivity contribution < 1.29 is 14.3 Å². The van der Waals surface area contributed by atoms with Crippen molar-refractivity contribution in [3.05, 3.63) is 29.8 Å². The van der Waals surface area contributed by atoms with Gasteiger partial charge in [-0.15, -0.1) is 0 Å². The summed E-state index contributed by atoms with van der Waals surface area (Å²) in [6.07, 6.45) is 0.902. The van der Waals surface area contributed by atoms with Crippen molar-refractivity contribution in [3.8, 4) is 5.75 Å². The zero-order valence-corrected chi connectivity index (χ0v) is 8.90. The monoisotopic (exact) mass is 206 g/mol. The molecule has 3 heteroatoms. The topological polar surface area (TPSA) is 35.5 Å². The Morgan fingerprint density at radius 1 is 1.27 bits per heavy atom. The van der Waals surface area contributed by atoms with Crippen LogP contribution in [0.2, 0.25) is 0 Å². The molecule has 1 aliphatic rings. The first-order chi connectivity index (χ1) is 7.26. The summed E-state index contributed by atoms with van der Waals surface area (Å²) in [7, 11) is 3.08. The Labute approximate surface area is 89.0 Å². The first-order valence-electron chi connectivity index (χ1n) is 4.98. The highest BCUT2D eigenvalue weighted by molar-refractivity contribution is 5.77. The summed E-state index contributed by atoms with van der Waals surface area (Å²) >= 11 is 0. The fourth-order valence-electron chi connectivity index (χ4n) is 1.83. The van der Waals surface area contributed by atoms with E-state index >= 15 is 0 Å². The number of methoxy groups -OCH3 is 2. The maximum Gasteiger partial charge on any atom is 0.309 e. The molecule has 0 spiro atoms. The van der Waals surface area contributed by atoms with Gasteiger partial charge in [-0.1, -0.05) is 12.1 Å². The molecule has 0 radical (unpaired) electrons. The highest BCUT2D eigenvalue weighted by Crippen LogP contribution is 2.48. The van der Waals surface area contributed by atoms with Gasteiger partial charge in [-0.2, -0.15) is 0 Å². The van der Waals surface area contributed by atoms with Crippen LogP contribution in [0.3, 0.4) is 0 Å². The predicted octanol–water partition coefficient (Wildman–Crippen LogP) is 1.97. The van der Waals surface area contributed by atoms with Crippen molar-refractivity contribution in [1.82, 2.24) is 0 Å². The number of carbonyl (C=O) groups is 1. The molecule has 1 aliphatic carbocycles. The molecule has 1 fully saturated rings. The van der Waals surface area contributed by atoms with Gasteiger partial charge in [0.05, 0.1) is 20.1 Å². The summed E-state index contributed by atoms with van der Waals surface area (Å²) in [4.78, 5) is 11.2. The largest absolute Gasteiger partial charge is 0.497 e. The van der Waals surface area contributed by atoms with E-state index in [4.69, 9.17) is 9.47 Å². The number of ether oxygens (including phenoxy) is 2. The lowest BCUT2D eigenvalue weighted by molar-refractivity contribution is -0.142. The summed E-state index contributed by atoms with van der Waals surface area (Å²) in [6, 6.07) is 7.85. The smallest absolute Gasteiger partial charge is 0.309 e. The number of benzene rings is 1. The van der Waals surface area contributed by atoms with Gasteiger partial charge in [0.2, 0.25) is 0 Å². The van der Waals surface area contributed by atoms with Crippen LogP contribution in [0.15, 0.2) is 24.3 Å². The minimum Gasteiger partial charge on any atom is -0.497 e. The van der Waals surface area contributed by atoms with E-state index in [2.05, 4.69) is 0 Å². The van der Waals surface area contributed by atoms with E-state index in [-0.39, 0.29) is 11.9 Å². The maximum absolute atomic E-state index is 11.2. The van der Waals surface area contributed by atoms with Crippen molar-refractivity contribution in [2.45, 2.75) is 12.3 Å². The van der Waals surface area contributed by atoms with Crippen molar-refractivity contribution in [3.63, 3.8) is 0 Å². The standard InChI is InChI=1S/C12H14O3/c1-14-9-5-3-8(4-6-9)10-7-11(10)12(13)15-2/h3-6,10-11H,7H2,1-2H3/t10-,11+/m1/s1. The lowest BCUT2D eigenvalue weighted by atomic mass is 10.1. The van der Waals surface area contributed by atoms with Crippen molar-refractivity contribution in [2.75, 3.05) is 14.2 Å². The van der Waals surface area contributed by atoms with Crippen LogP contribution in [0.5, 0.6) is 5.75 Å². The molecule has 2 atom stereocenters. The van der Waals surface area contributed by atoms with E-state index in [1.165, 1.54) is 12.7 Å². The molecular formula is C12H14O3. The fourth-order valence-corrected chi connectivity index (χ4v) is 1.83. The lowest BCUT2D eigenvalue weighted by Crippen LogP contribution is -2.03. The van der Waals surface area contributed by atoms with Gasteiger partial charge in [0, 0.05) is 0 Å². The molecule has 2 rings (SSSR count). The zero-order chi connectivity index (χ0) is 10.8. The summed E-state index contributed by atoms with van der Waals surface area (Å²) in [5.74, 6) is 1.14. The highest BCUT2D eigenvalue weighted by atomic mass is 16.5. The van der Waals surface area contributed by atoms with Gasteiger partial charge >= 0.3 is 5.97 Å². The average molecular weight is 206 g/mol. The Bertz CT molecular complexity index is 356. The van der Waals surface area contributed by atoms with Crippen LogP contribution in [-0.2, 0) is 9.53 Å². The second kappa shape index (κ2) is 3.93. The molecule has 0 saturated heterocycles. The molecule has 15 heavy (non-hydrogen) atoms. The fraction of sp³-hybridized carbons (Fsp3) is 0.417.